The number of nitrogens with zero attached hydrogens (tertiary/aromatic N) is 1. The van der Waals surface area contributed by atoms with Crippen LogP contribution < -0.4 is 9.47 Å². The topological polar surface area (TPSA) is 41.9 Å². The van der Waals surface area contributed by atoms with Crippen molar-refractivity contribution in [1.82, 2.24) is 4.90 Å². The van der Waals surface area contributed by atoms with E-state index in [1.807, 2.05) is 26.0 Å². The number of rotatable bonds is 8. The van der Waals surface area contributed by atoms with Crippen LogP contribution in [0.1, 0.15) is 39.2 Å². The van der Waals surface area contributed by atoms with Crippen LogP contribution in [0.5, 0.6) is 11.5 Å². The maximum absolute atomic E-state index is 9.75. The van der Waals surface area contributed by atoms with E-state index in [2.05, 4.69) is 17.9 Å². The van der Waals surface area contributed by atoms with Crippen molar-refractivity contribution in [3.8, 4) is 11.5 Å². The van der Waals surface area contributed by atoms with Crippen molar-refractivity contribution in [3.63, 3.8) is 0 Å². The number of ether oxygens (including phenoxy) is 2. The number of aliphatic hydroxyl groups is 1. The average Bonchev–Trinajstić information content (AvgIpc) is 2.96. The molecule has 1 fully saturated rings. The summed E-state index contributed by atoms with van der Waals surface area (Å²) in [7, 11) is 0. The van der Waals surface area contributed by atoms with Crippen molar-refractivity contribution in [1.29, 1.82) is 0 Å². The van der Waals surface area contributed by atoms with Crippen LogP contribution in [-0.4, -0.2) is 42.4 Å². The van der Waals surface area contributed by atoms with E-state index in [1.54, 1.807) is 0 Å². The quantitative estimate of drug-likeness (QED) is 0.801. The van der Waals surface area contributed by atoms with Gasteiger partial charge in [-0.3, -0.25) is 4.90 Å². The molecule has 0 radical (unpaired) electrons. The molecule has 1 aliphatic heterocycles. The first-order chi connectivity index (χ1) is 10.7. The molecule has 2 unspecified atom stereocenters. The molecule has 4 nitrogen and oxygen atoms in total. The number of aliphatic hydroxyl groups excluding tert-OH is 1. The molecule has 0 aromatic heterocycles. The van der Waals surface area contributed by atoms with Crippen LogP contribution in [0.3, 0.4) is 0 Å². The lowest BCUT2D eigenvalue weighted by molar-refractivity contribution is 0.127. The van der Waals surface area contributed by atoms with Crippen molar-refractivity contribution < 1.29 is 14.6 Å². The summed E-state index contributed by atoms with van der Waals surface area (Å²) < 4.78 is 11.7. The second-order valence-electron chi connectivity index (χ2n) is 6.05. The van der Waals surface area contributed by atoms with Gasteiger partial charge in [-0.25, -0.2) is 0 Å². The summed E-state index contributed by atoms with van der Waals surface area (Å²) in [5.74, 6) is 2.10. The van der Waals surface area contributed by atoms with Crippen LogP contribution in [0, 0.1) is 5.92 Å². The minimum Gasteiger partial charge on any atom is -0.490 e. The second kappa shape index (κ2) is 8.39. The van der Waals surface area contributed by atoms with Crippen LogP contribution in [-0.2, 0) is 6.54 Å². The predicted molar refractivity (Wildman–Crippen MR) is 88.5 cm³/mol. The molecular formula is C18H29NO3. The molecule has 2 rings (SSSR count). The van der Waals surface area contributed by atoms with Crippen molar-refractivity contribution in [2.24, 2.45) is 5.92 Å². The smallest absolute Gasteiger partial charge is 0.165 e. The average molecular weight is 307 g/mol. The summed E-state index contributed by atoms with van der Waals surface area (Å²) >= 11 is 0. The number of hydrogen-bond acceptors (Lipinski definition) is 4. The fraction of sp³-hybridized carbons (Fsp3) is 0.667. The molecular weight excluding hydrogens is 278 g/mol. The SMILES string of the molecule is CCCOc1c(CN2CCC(C(C)O)C2)cccc1OCC. The van der Waals surface area contributed by atoms with E-state index < -0.39 is 0 Å². The second-order valence-corrected chi connectivity index (χ2v) is 6.05. The predicted octanol–water partition coefficient (Wildman–Crippen LogP) is 3.08. The fourth-order valence-corrected chi connectivity index (χ4v) is 2.96. The van der Waals surface area contributed by atoms with Crippen LogP contribution >= 0.6 is 0 Å². The molecule has 1 heterocycles. The molecule has 0 saturated carbocycles. The maximum atomic E-state index is 9.75. The first-order valence-corrected chi connectivity index (χ1v) is 8.43. The van der Waals surface area contributed by atoms with Gasteiger partial charge in [0.1, 0.15) is 0 Å². The van der Waals surface area contributed by atoms with E-state index in [-0.39, 0.29) is 6.10 Å². The Morgan fingerprint density at radius 2 is 2.14 bits per heavy atom. The lowest BCUT2D eigenvalue weighted by atomic mass is 10.0. The van der Waals surface area contributed by atoms with E-state index >= 15 is 0 Å². The molecule has 0 bridgehead atoms. The lowest BCUT2D eigenvalue weighted by Gasteiger charge is -2.21. The highest BCUT2D eigenvalue weighted by Crippen LogP contribution is 2.33. The van der Waals surface area contributed by atoms with Crippen LogP contribution in [0.4, 0.5) is 0 Å². The van der Waals surface area contributed by atoms with Gasteiger partial charge in [0.15, 0.2) is 11.5 Å². The van der Waals surface area contributed by atoms with Crippen LogP contribution in [0.25, 0.3) is 0 Å². The standard InChI is InChI=1S/C18H29NO3/c1-4-11-22-18-16(7-6-8-17(18)21-5-2)13-19-10-9-15(12-19)14(3)20/h6-8,14-15,20H,4-5,9-13H2,1-3H3. The zero-order valence-corrected chi connectivity index (χ0v) is 14.0. The highest BCUT2D eigenvalue weighted by molar-refractivity contribution is 5.46. The highest BCUT2D eigenvalue weighted by atomic mass is 16.5. The van der Waals surface area contributed by atoms with Crippen molar-refractivity contribution in [2.75, 3.05) is 26.3 Å². The Morgan fingerprint density at radius 1 is 1.32 bits per heavy atom. The van der Waals surface area contributed by atoms with Crippen LogP contribution in [0.2, 0.25) is 0 Å². The Labute approximate surface area is 134 Å². The van der Waals surface area contributed by atoms with Gasteiger partial charge >= 0.3 is 0 Å². The van der Waals surface area contributed by atoms with E-state index in [0.29, 0.717) is 19.1 Å². The first kappa shape index (κ1) is 17.1. The van der Waals surface area contributed by atoms with Gasteiger partial charge in [0.05, 0.1) is 19.3 Å². The number of benzene rings is 1. The maximum Gasteiger partial charge on any atom is 0.165 e. The molecule has 0 aliphatic carbocycles. The van der Waals surface area contributed by atoms with Crippen molar-refractivity contribution in [2.45, 2.75) is 46.3 Å². The summed E-state index contributed by atoms with van der Waals surface area (Å²) in [5.41, 5.74) is 1.17. The number of likely N-dealkylation sites (tertiary alicyclic amines) is 1. The summed E-state index contributed by atoms with van der Waals surface area (Å²) in [6.45, 7) is 10.2. The Hall–Kier alpha value is -1.26. The van der Waals surface area contributed by atoms with Gasteiger partial charge in [-0.15, -0.1) is 0 Å². The molecule has 1 aliphatic rings. The Balaban J connectivity index is 2.10. The highest BCUT2D eigenvalue weighted by Gasteiger charge is 2.26. The Bertz CT molecular complexity index is 462. The zero-order chi connectivity index (χ0) is 15.9. The minimum absolute atomic E-state index is 0.226. The molecule has 2 atom stereocenters. The summed E-state index contributed by atoms with van der Waals surface area (Å²) in [5, 5.41) is 9.75. The van der Waals surface area contributed by atoms with Crippen molar-refractivity contribution in [3.05, 3.63) is 23.8 Å². The molecule has 0 spiro atoms. The Morgan fingerprint density at radius 3 is 2.77 bits per heavy atom. The minimum atomic E-state index is -0.226. The largest absolute Gasteiger partial charge is 0.490 e. The molecule has 124 valence electrons. The molecule has 1 saturated heterocycles. The molecule has 1 aromatic rings. The van der Waals surface area contributed by atoms with Gasteiger partial charge in [0.25, 0.3) is 0 Å². The fourth-order valence-electron chi connectivity index (χ4n) is 2.96. The van der Waals surface area contributed by atoms with Crippen LogP contribution in [0.15, 0.2) is 18.2 Å². The van der Waals surface area contributed by atoms with Gasteiger partial charge in [-0.2, -0.15) is 0 Å². The monoisotopic (exact) mass is 307 g/mol. The normalized spacial score (nSPS) is 20.1. The van der Waals surface area contributed by atoms with Gasteiger partial charge in [0, 0.05) is 18.7 Å². The zero-order valence-electron chi connectivity index (χ0n) is 14.0. The molecule has 4 heteroatoms. The molecule has 0 amide bonds. The lowest BCUT2D eigenvalue weighted by Crippen LogP contribution is -2.24. The van der Waals surface area contributed by atoms with Crippen molar-refractivity contribution >= 4 is 0 Å². The van der Waals surface area contributed by atoms with E-state index in [0.717, 1.165) is 44.0 Å². The van der Waals surface area contributed by atoms with E-state index in [9.17, 15) is 5.11 Å². The molecule has 1 aromatic carbocycles. The third kappa shape index (κ3) is 4.37. The first-order valence-electron chi connectivity index (χ1n) is 8.43. The van der Waals surface area contributed by atoms with Gasteiger partial charge in [-0.1, -0.05) is 19.1 Å². The Kier molecular flexibility index (Phi) is 6.52. The number of para-hydroxylation sites is 1. The summed E-state index contributed by atoms with van der Waals surface area (Å²) in [6, 6.07) is 6.12. The summed E-state index contributed by atoms with van der Waals surface area (Å²) in [4.78, 5) is 2.39. The van der Waals surface area contributed by atoms with Gasteiger partial charge in [-0.05, 0) is 45.2 Å². The summed E-state index contributed by atoms with van der Waals surface area (Å²) in [6.07, 6.45) is 1.82. The number of hydrogen-bond donors (Lipinski definition) is 1. The van der Waals surface area contributed by atoms with Gasteiger partial charge < -0.3 is 14.6 Å². The molecule has 22 heavy (non-hydrogen) atoms. The van der Waals surface area contributed by atoms with E-state index in [4.69, 9.17) is 9.47 Å². The van der Waals surface area contributed by atoms with Gasteiger partial charge in [0.2, 0.25) is 0 Å². The third-order valence-electron chi connectivity index (χ3n) is 4.20. The third-order valence-corrected chi connectivity index (χ3v) is 4.20. The molecule has 1 N–H and O–H groups in total. The van der Waals surface area contributed by atoms with E-state index in [1.165, 1.54) is 5.56 Å².